The summed E-state index contributed by atoms with van der Waals surface area (Å²) in [6.45, 7) is 1.12. The Balaban J connectivity index is 1.45. The predicted molar refractivity (Wildman–Crippen MR) is 79.2 cm³/mol. The second kappa shape index (κ2) is 6.05. The van der Waals surface area contributed by atoms with Crippen molar-refractivity contribution in [2.24, 2.45) is 23.2 Å². The van der Waals surface area contributed by atoms with Crippen molar-refractivity contribution in [3.63, 3.8) is 0 Å². The van der Waals surface area contributed by atoms with Crippen LogP contribution in [0.4, 0.5) is 0 Å². The highest BCUT2D eigenvalue weighted by atomic mass is 16.2. The SMILES string of the molecule is O=C(NCCCCCCO)C12CC3CC(CC(C3)C1)C2. The molecule has 0 saturated heterocycles. The lowest BCUT2D eigenvalue weighted by Crippen LogP contribution is -2.53. The first-order chi connectivity index (χ1) is 9.72. The highest BCUT2D eigenvalue weighted by Crippen LogP contribution is 2.60. The number of aliphatic hydroxyl groups excluding tert-OH is 1. The summed E-state index contributed by atoms with van der Waals surface area (Å²) in [5, 5.41) is 12.0. The van der Waals surface area contributed by atoms with Gasteiger partial charge >= 0.3 is 0 Å². The van der Waals surface area contributed by atoms with Gasteiger partial charge < -0.3 is 10.4 Å². The highest BCUT2D eigenvalue weighted by molar-refractivity contribution is 5.83. The molecule has 114 valence electrons. The molecule has 0 aromatic heterocycles. The summed E-state index contributed by atoms with van der Waals surface area (Å²) >= 11 is 0. The molecule has 20 heavy (non-hydrogen) atoms. The largest absolute Gasteiger partial charge is 0.396 e. The van der Waals surface area contributed by atoms with Gasteiger partial charge in [0.05, 0.1) is 0 Å². The van der Waals surface area contributed by atoms with E-state index >= 15 is 0 Å². The van der Waals surface area contributed by atoms with Crippen LogP contribution in [0.15, 0.2) is 0 Å². The molecule has 0 spiro atoms. The Morgan fingerprint density at radius 1 is 0.950 bits per heavy atom. The standard InChI is InChI=1S/C17H29NO2/c19-6-4-2-1-3-5-18-16(20)17-10-13-7-14(11-17)9-15(8-13)12-17/h13-15,19H,1-12H2,(H,18,20). The molecule has 4 fully saturated rings. The number of carbonyl (C=O) groups is 1. The summed E-state index contributed by atoms with van der Waals surface area (Å²) in [4.78, 5) is 12.6. The van der Waals surface area contributed by atoms with Crippen LogP contribution in [0.25, 0.3) is 0 Å². The quantitative estimate of drug-likeness (QED) is 0.704. The zero-order valence-corrected chi connectivity index (χ0v) is 12.6. The van der Waals surface area contributed by atoms with E-state index in [1.54, 1.807) is 0 Å². The van der Waals surface area contributed by atoms with Gasteiger partial charge in [0, 0.05) is 18.6 Å². The molecule has 4 aliphatic rings. The maximum atomic E-state index is 12.6. The molecular formula is C17H29NO2. The van der Waals surface area contributed by atoms with E-state index in [2.05, 4.69) is 5.32 Å². The highest BCUT2D eigenvalue weighted by Gasteiger charge is 2.54. The third-order valence-electron chi connectivity index (χ3n) is 5.89. The van der Waals surface area contributed by atoms with E-state index in [0.717, 1.165) is 69.2 Å². The fourth-order valence-electron chi connectivity index (χ4n) is 5.37. The van der Waals surface area contributed by atoms with Gasteiger partial charge in [-0.25, -0.2) is 0 Å². The minimum Gasteiger partial charge on any atom is -0.396 e. The number of rotatable bonds is 7. The first-order valence-corrected chi connectivity index (χ1v) is 8.61. The molecule has 1 amide bonds. The molecule has 0 aliphatic heterocycles. The second-order valence-corrected chi connectivity index (χ2v) is 7.59. The van der Waals surface area contributed by atoms with Crippen LogP contribution in [-0.4, -0.2) is 24.2 Å². The number of nitrogens with one attached hydrogen (secondary N) is 1. The van der Waals surface area contributed by atoms with Crippen LogP contribution in [0.5, 0.6) is 0 Å². The molecule has 3 heteroatoms. The Morgan fingerprint density at radius 3 is 2.05 bits per heavy atom. The van der Waals surface area contributed by atoms with Crippen molar-refractivity contribution in [1.82, 2.24) is 5.32 Å². The van der Waals surface area contributed by atoms with Crippen LogP contribution >= 0.6 is 0 Å². The summed E-state index contributed by atoms with van der Waals surface area (Å²) in [6.07, 6.45) is 11.8. The first-order valence-electron chi connectivity index (χ1n) is 8.61. The molecule has 2 N–H and O–H groups in total. The van der Waals surface area contributed by atoms with E-state index < -0.39 is 0 Å². The monoisotopic (exact) mass is 279 g/mol. The molecule has 0 aromatic rings. The third-order valence-corrected chi connectivity index (χ3v) is 5.89. The maximum Gasteiger partial charge on any atom is 0.226 e. The maximum absolute atomic E-state index is 12.6. The van der Waals surface area contributed by atoms with E-state index in [-0.39, 0.29) is 5.41 Å². The number of carbonyl (C=O) groups excluding carboxylic acids is 1. The topological polar surface area (TPSA) is 49.3 Å². The van der Waals surface area contributed by atoms with Gasteiger partial charge in [0.15, 0.2) is 0 Å². The van der Waals surface area contributed by atoms with E-state index in [1.165, 1.54) is 19.3 Å². The Bertz CT molecular complexity index is 318. The zero-order valence-electron chi connectivity index (χ0n) is 12.6. The van der Waals surface area contributed by atoms with Gasteiger partial charge in [-0.05, 0) is 69.1 Å². The Labute approximate surface area is 122 Å². The fraction of sp³-hybridized carbons (Fsp3) is 0.941. The summed E-state index contributed by atoms with van der Waals surface area (Å²) in [7, 11) is 0. The van der Waals surface area contributed by atoms with Crippen molar-refractivity contribution in [2.45, 2.75) is 64.2 Å². The van der Waals surface area contributed by atoms with Gasteiger partial charge in [0.2, 0.25) is 5.91 Å². The van der Waals surface area contributed by atoms with Gasteiger partial charge in [-0.3, -0.25) is 4.79 Å². The number of hydrogen-bond donors (Lipinski definition) is 2. The van der Waals surface area contributed by atoms with Crippen molar-refractivity contribution < 1.29 is 9.90 Å². The smallest absolute Gasteiger partial charge is 0.226 e. The molecule has 4 rings (SSSR count). The third kappa shape index (κ3) is 2.88. The van der Waals surface area contributed by atoms with E-state index in [9.17, 15) is 4.79 Å². The number of unbranched alkanes of at least 4 members (excludes halogenated alkanes) is 3. The van der Waals surface area contributed by atoms with Crippen molar-refractivity contribution in [2.75, 3.05) is 13.2 Å². The molecule has 3 nitrogen and oxygen atoms in total. The molecule has 0 aromatic carbocycles. The lowest BCUT2D eigenvalue weighted by Gasteiger charge is -2.55. The lowest BCUT2D eigenvalue weighted by atomic mass is 9.49. The van der Waals surface area contributed by atoms with Crippen LogP contribution in [0, 0.1) is 23.2 Å². The van der Waals surface area contributed by atoms with E-state index in [1.807, 2.05) is 0 Å². The van der Waals surface area contributed by atoms with Crippen molar-refractivity contribution >= 4 is 5.91 Å². The van der Waals surface area contributed by atoms with E-state index in [0.29, 0.717) is 12.5 Å². The number of aliphatic hydroxyl groups is 1. The van der Waals surface area contributed by atoms with Crippen LogP contribution < -0.4 is 5.32 Å². The van der Waals surface area contributed by atoms with Gasteiger partial charge in [0.1, 0.15) is 0 Å². The lowest BCUT2D eigenvalue weighted by molar-refractivity contribution is -0.146. The fourth-order valence-corrected chi connectivity index (χ4v) is 5.37. The van der Waals surface area contributed by atoms with E-state index in [4.69, 9.17) is 5.11 Å². The Kier molecular flexibility index (Phi) is 4.34. The Morgan fingerprint density at radius 2 is 1.50 bits per heavy atom. The van der Waals surface area contributed by atoms with Crippen LogP contribution in [0.3, 0.4) is 0 Å². The average molecular weight is 279 g/mol. The summed E-state index contributed by atoms with van der Waals surface area (Å²) in [5.41, 5.74) is 0.0137. The first kappa shape index (κ1) is 14.4. The van der Waals surface area contributed by atoms with Crippen LogP contribution in [0.2, 0.25) is 0 Å². The van der Waals surface area contributed by atoms with Crippen LogP contribution in [-0.2, 0) is 4.79 Å². The number of hydrogen-bond acceptors (Lipinski definition) is 2. The van der Waals surface area contributed by atoms with Gasteiger partial charge in [0.25, 0.3) is 0 Å². The summed E-state index contributed by atoms with van der Waals surface area (Å²) < 4.78 is 0. The normalized spacial score (nSPS) is 38.1. The average Bonchev–Trinajstić information content (AvgIpc) is 2.41. The van der Waals surface area contributed by atoms with Crippen molar-refractivity contribution in [3.8, 4) is 0 Å². The molecule has 4 aliphatic carbocycles. The zero-order chi connectivity index (χ0) is 14.0. The minimum atomic E-state index is 0.0137. The summed E-state index contributed by atoms with van der Waals surface area (Å²) in [5.74, 6) is 2.89. The van der Waals surface area contributed by atoms with Crippen molar-refractivity contribution in [1.29, 1.82) is 0 Å². The van der Waals surface area contributed by atoms with Crippen molar-refractivity contribution in [3.05, 3.63) is 0 Å². The predicted octanol–water partition coefficient (Wildman–Crippen LogP) is 2.87. The number of amides is 1. The summed E-state index contributed by atoms with van der Waals surface area (Å²) in [6, 6.07) is 0. The molecule has 4 saturated carbocycles. The van der Waals surface area contributed by atoms with Gasteiger partial charge in [-0.15, -0.1) is 0 Å². The molecule has 0 radical (unpaired) electrons. The van der Waals surface area contributed by atoms with Gasteiger partial charge in [-0.1, -0.05) is 12.8 Å². The minimum absolute atomic E-state index is 0.0137. The second-order valence-electron chi connectivity index (χ2n) is 7.59. The molecular weight excluding hydrogens is 250 g/mol. The Hall–Kier alpha value is -0.570. The molecule has 0 atom stereocenters. The molecule has 4 bridgehead atoms. The molecule has 0 unspecified atom stereocenters. The van der Waals surface area contributed by atoms with Gasteiger partial charge in [-0.2, -0.15) is 0 Å². The van der Waals surface area contributed by atoms with Crippen LogP contribution in [0.1, 0.15) is 64.2 Å². The molecule has 0 heterocycles.